The quantitative estimate of drug-likeness (QED) is 0.599. The first-order valence-corrected chi connectivity index (χ1v) is 12.1. The van der Waals surface area contributed by atoms with E-state index in [4.69, 9.17) is 4.74 Å². The zero-order chi connectivity index (χ0) is 24.1. The second-order valence-electron chi connectivity index (χ2n) is 9.41. The minimum Gasteiger partial charge on any atom is -0.491 e. The molecule has 2 aromatic carbocycles. The van der Waals surface area contributed by atoms with Crippen LogP contribution in [0.1, 0.15) is 54.4 Å². The number of amides is 2. The number of likely N-dealkylation sites (tertiary alicyclic amines) is 1. The number of piperidine rings is 1. The van der Waals surface area contributed by atoms with Crippen molar-refractivity contribution in [2.45, 2.75) is 44.9 Å². The molecular formula is C27H32F2N2O3. The summed E-state index contributed by atoms with van der Waals surface area (Å²) in [7, 11) is 1.80. The molecule has 0 aromatic heterocycles. The van der Waals surface area contributed by atoms with E-state index in [-0.39, 0.29) is 5.91 Å². The topological polar surface area (TPSA) is 49.9 Å². The Balaban J connectivity index is 1.46. The van der Waals surface area contributed by atoms with Crippen molar-refractivity contribution in [1.82, 2.24) is 9.80 Å². The molecule has 2 aliphatic heterocycles. The van der Waals surface area contributed by atoms with Crippen molar-refractivity contribution in [2.24, 2.45) is 5.41 Å². The van der Waals surface area contributed by atoms with Gasteiger partial charge in [0.25, 0.3) is 5.91 Å². The van der Waals surface area contributed by atoms with E-state index in [1.807, 2.05) is 18.2 Å². The minimum absolute atomic E-state index is 0.0628. The number of ether oxygens (including phenoxy) is 1. The number of hydrogen-bond donors (Lipinski definition) is 0. The van der Waals surface area contributed by atoms with E-state index in [1.165, 1.54) is 16.5 Å². The molecule has 2 heterocycles. The molecule has 0 unspecified atom stereocenters. The second-order valence-corrected chi connectivity index (χ2v) is 9.41. The molecule has 2 amide bonds. The number of likely N-dealkylation sites (N-methyl/N-ethyl adjacent to an activating group) is 1. The van der Waals surface area contributed by atoms with Gasteiger partial charge in [-0.1, -0.05) is 37.1 Å². The predicted molar refractivity (Wildman–Crippen MR) is 126 cm³/mol. The lowest BCUT2D eigenvalue weighted by Gasteiger charge is -2.42. The number of nitrogens with zero attached hydrogens (tertiary/aromatic N) is 2. The number of para-hydroxylation sites is 1. The number of aryl methyl sites for hydroxylation is 1. The van der Waals surface area contributed by atoms with Gasteiger partial charge in [0, 0.05) is 20.1 Å². The normalized spacial score (nSPS) is 19.4. The standard InChI is InChI=1S/C27H32F2N2O3/c1-30-18-19-34-23-12-5-4-9-20(23)8-3-2-6-13-27(26(30)33)14-16-31(17-15-27)25(32)24-21(28)10-7-11-22(24)29/h4-5,7,9-12H,2-3,6,8,13-19H2,1H3. The van der Waals surface area contributed by atoms with Gasteiger partial charge in [0.15, 0.2) is 0 Å². The number of rotatable bonds is 1. The Morgan fingerprint density at radius 1 is 0.912 bits per heavy atom. The third-order valence-corrected chi connectivity index (χ3v) is 7.24. The summed E-state index contributed by atoms with van der Waals surface area (Å²) >= 11 is 0. The Labute approximate surface area is 199 Å². The van der Waals surface area contributed by atoms with Gasteiger partial charge in [0.1, 0.15) is 29.6 Å². The summed E-state index contributed by atoms with van der Waals surface area (Å²) in [6.07, 6.45) is 5.57. The maximum Gasteiger partial charge on any atom is 0.259 e. The van der Waals surface area contributed by atoms with Gasteiger partial charge in [-0.3, -0.25) is 9.59 Å². The lowest BCUT2D eigenvalue weighted by molar-refractivity contribution is -0.144. The highest BCUT2D eigenvalue weighted by Gasteiger charge is 2.43. The Morgan fingerprint density at radius 2 is 1.62 bits per heavy atom. The SMILES string of the molecule is CN1CCOc2ccccc2CCCCCC2(CCN(C(=O)c3c(F)cccc3F)CC2)C1=O. The van der Waals surface area contributed by atoms with Gasteiger partial charge in [0.05, 0.1) is 12.0 Å². The monoisotopic (exact) mass is 470 g/mol. The van der Waals surface area contributed by atoms with Crippen LogP contribution in [0.2, 0.25) is 0 Å². The van der Waals surface area contributed by atoms with Crippen LogP contribution in [-0.2, 0) is 11.2 Å². The molecule has 4 rings (SSSR count). The van der Waals surface area contributed by atoms with E-state index in [0.717, 1.165) is 50.0 Å². The van der Waals surface area contributed by atoms with E-state index >= 15 is 0 Å². The zero-order valence-corrected chi connectivity index (χ0v) is 19.7. The number of carbonyl (C=O) groups excluding carboxylic acids is 2. The predicted octanol–water partition coefficient (Wildman–Crippen LogP) is 4.84. The highest BCUT2D eigenvalue weighted by atomic mass is 19.1. The van der Waals surface area contributed by atoms with Crippen LogP contribution >= 0.6 is 0 Å². The molecule has 1 spiro atoms. The average Bonchev–Trinajstić information content (AvgIpc) is 2.84. The van der Waals surface area contributed by atoms with Gasteiger partial charge in [0.2, 0.25) is 5.91 Å². The van der Waals surface area contributed by atoms with Gasteiger partial charge < -0.3 is 14.5 Å². The summed E-state index contributed by atoms with van der Waals surface area (Å²) < 4.78 is 34.3. The molecule has 2 aliphatic rings. The summed E-state index contributed by atoms with van der Waals surface area (Å²) in [5.41, 5.74) is 0.103. The third kappa shape index (κ3) is 5.08. The van der Waals surface area contributed by atoms with Crippen molar-refractivity contribution in [3.8, 4) is 5.75 Å². The molecular weight excluding hydrogens is 438 g/mol. The highest BCUT2D eigenvalue weighted by molar-refractivity contribution is 5.95. The Bertz CT molecular complexity index is 1010. The van der Waals surface area contributed by atoms with Crippen LogP contribution in [0.25, 0.3) is 0 Å². The van der Waals surface area contributed by atoms with E-state index < -0.39 is 28.5 Å². The van der Waals surface area contributed by atoms with Crippen molar-refractivity contribution >= 4 is 11.8 Å². The lowest BCUT2D eigenvalue weighted by atomic mass is 9.73. The molecule has 0 N–H and O–H groups in total. The number of carbonyl (C=O) groups is 2. The molecule has 0 saturated carbocycles. The zero-order valence-electron chi connectivity index (χ0n) is 19.7. The molecule has 0 radical (unpaired) electrons. The van der Waals surface area contributed by atoms with Crippen LogP contribution in [-0.4, -0.2) is 54.9 Å². The van der Waals surface area contributed by atoms with Gasteiger partial charge in [-0.2, -0.15) is 0 Å². The summed E-state index contributed by atoms with van der Waals surface area (Å²) in [5.74, 6) is -1.42. The van der Waals surface area contributed by atoms with E-state index in [9.17, 15) is 18.4 Å². The first-order chi connectivity index (χ1) is 16.4. The van der Waals surface area contributed by atoms with Gasteiger partial charge in [-0.05, 0) is 55.9 Å². The van der Waals surface area contributed by atoms with E-state index in [1.54, 1.807) is 11.9 Å². The number of hydrogen-bond acceptors (Lipinski definition) is 3. The smallest absolute Gasteiger partial charge is 0.259 e. The molecule has 1 saturated heterocycles. The van der Waals surface area contributed by atoms with Crippen molar-refractivity contribution in [1.29, 1.82) is 0 Å². The van der Waals surface area contributed by atoms with Crippen LogP contribution < -0.4 is 4.74 Å². The number of benzene rings is 2. The van der Waals surface area contributed by atoms with Crippen molar-refractivity contribution in [3.05, 3.63) is 65.2 Å². The van der Waals surface area contributed by atoms with E-state index in [2.05, 4.69) is 6.07 Å². The summed E-state index contributed by atoms with van der Waals surface area (Å²) in [5, 5.41) is 0. The van der Waals surface area contributed by atoms with Crippen molar-refractivity contribution in [2.75, 3.05) is 33.3 Å². The second kappa shape index (κ2) is 10.5. The molecule has 0 bridgehead atoms. The fourth-order valence-electron chi connectivity index (χ4n) is 5.17. The molecule has 0 atom stereocenters. The summed E-state index contributed by atoms with van der Waals surface area (Å²) in [6.45, 7) is 1.48. The van der Waals surface area contributed by atoms with Gasteiger partial charge >= 0.3 is 0 Å². The first-order valence-electron chi connectivity index (χ1n) is 12.1. The molecule has 7 heteroatoms. The fraction of sp³-hybridized carbons (Fsp3) is 0.481. The fourth-order valence-corrected chi connectivity index (χ4v) is 5.17. The van der Waals surface area contributed by atoms with Gasteiger partial charge in [-0.15, -0.1) is 0 Å². The average molecular weight is 471 g/mol. The molecule has 1 fully saturated rings. The van der Waals surface area contributed by atoms with Gasteiger partial charge in [-0.25, -0.2) is 8.78 Å². The van der Waals surface area contributed by atoms with Crippen LogP contribution in [0.5, 0.6) is 5.75 Å². The molecule has 2 aromatic rings. The molecule has 0 aliphatic carbocycles. The third-order valence-electron chi connectivity index (χ3n) is 7.24. The Hall–Kier alpha value is -2.96. The van der Waals surface area contributed by atoms with Crippen molar-refractivity contribution < 1.29 is 23.1 Å². The number of halogens is 2. The summed E-state index contributed by atoms with van der Waals surface area (Å²) in [4.78, 5) is 29.6. The molecule has 5 nitrogen and oxygen atoms in total. The Morgan fingerprint density at radius 3 is 2.35 bits per heavy atom. The van der Waals surface area contributed by atoms with Crippen LogP contribution in [0, 0.1) is 17.0 Å². The Kier molecular flexibility index (Phi) is 7.49. The van der Waals surface area contributed by atoms with Crippen molar-refractivity contribution in [3.63, 3.8) is 0 Å². The molecule has 182 valence electrons. The van der Waals surface area contributed by atoms with Crippen LogP contribution in [0.3, 0.4) is 0 Å². The largest absolute Gasteiger partial charge is 0.491 e. The minimum atomic E-state index is -0.857. The molecule has 34 heavy (non-hydrogen) atoms. The van der Waals surface area contributed by atoms with E-state index in [0.29, 0.717) is 39.1 Å². The van der Waals surface area contributed by atoms with Crippen LogP contribution in [0.15, 0.2) is 42.5 Å². The highest BCUT2D eigenvalue weighted by Crippen LogP contribution is 2.39. The maximum absolute atomic E-state index is 14.1. The number of fused-ring (bicyclic) bond motifs is 1. The maximum atomic E-state index is 14.1. The first kappa shape index (κ1) is 24.2. The van der Waals surface area contributed by atoms with Crippen LogP contribution in [0.4, 0.5) is 8.78 Å². The lowest BCUT2D eigenvalue weighted by Crippen LogP contribution is -2.51. The summed E-state index contributed by atoms with van der Waals surface area (Å²) in [6, 6.07) is 11.5.